The number of benzene rings is 2. The van der Waals surface area contributed by atoms with E-state index in [1.54, 1.807) is 4.68 Å². The van der Waals surface area contributed by atoms with Gasteiger partial charge in [-0.2, -0.15) is 10.4 Å². The van der Waals surface area contributed by atoms with Crippen LogP contribution in [0.5, 0.6) is 11.5 Å². The highest BCUT2D eigenvalue weighted by Gasteiger charge is 2.23. The minimum atomic E-state index is -0.0518. The molecule has 1 aliphatic heterocycles. The van der Waals surface area contributed by atoms with E-state index in [1.165, 1.54) is 0 Å². The minimum absolute atomic E-state index is 0.0518. The van der Waals surface area contributed by atoms with Gasteiger partial charge in [0, 0.05) is 18.7 Å². The summed E-state index contributed by atoms with van der Waals surface area (Å²) in [6.07, 6.45) is 0. The Morgan fingerprint density at radius 3 is 2.64 bits per heavy atom. The van der Waals surface area contributed by atoms with Crippen LogP contribution in [0.3, 0.4) is 0 Å². The van der Waals surface area contributed by atoms with Crippen molar-refractivity contribution in [2.75, 3.05) is 32.0 Å². The molecule has 1 aromatic heterocycles. The van der Waals surface area contributed by atoms with Gasteiger partial charge in [0.25, 0.3) is 0 Å². The van der Waals surface area contributed by atoms with Gasteiger partial charge in [-0.15, -0.1) is 0 Å². The molecule has 1 unspecified atom stereocenters. The van der Waals surface area contributed by atoms with E-state index in [0.717, 1.165) is 17.9 Å². The molecule has 1 aliphatic rings. The molecule has 7 heteroatoms. The normalized spacial score (nSPS) is 16.9. The zero-order valence-electron chi connectivity index (χ0n) is 15.3. The Bertz CT molecular complexity index is 969. The Labute approximate surface area is 163 Å². The third-order valence-corrected chi connectivity index (χ3v) is 4.63. The van der Waals surface area contributed by atoms with Gasteiger partial charge in [-0.25, -0.2) is 4.68 Å². The molecule has 1 atom stereocenters. The molecule has 1 fully saturated rings. The van der Waals surface area contributed by atoms with Gasteiger partial charge in [0.1, 0.15) is 34.6 Å². The molecular weight excluding hydrogens is 354 g/mol. The van der Waals surface area contributed by atoms with Crippen molar-refractivity contribution in [2.24, 2.45) is 0 Å². The van der Waals surface area contributed by atoms with Crippen LogP contribution in [0.15, 0.2) is 54.6 Å². The van der Waals surface area contributed by atoms with E-state index in [2.05, 4.69) is 16.5 Å². The topological polar surface area (TPSA) is 98.1 Å². The van der Waals surface area contributed by atoms with Gasteiger partial charge in [0.2, 0.25) is 0 Å². The highest BCUT2D eigenvalue weighted by molar-refractivity contribution is 5.73. The van der Waals surface area contributed by atoms with Crippen LogP contribution in [0.1, 0.15) is 11.6 Å². The molecule has 0 spiro atoms. The van der Waals surface area contributed by atoms with Crippen LogP contribution < -0.4 is 15.8 Å². The molecule has 2 aromatic carbocycles. The molecular formula is C21H21N5O2. The summed E-state index contributed by atoms with van der Waals surface area (Å²) in [6.45, 7) is 2.64. The standard InChI is InChI=1S/C21H21N5O2/c22-12-19-20(25-26(21(19)23)16-13-24-10-11-27-14-16)15-6-8-18(9-7-15)28-17-4-2-1-3-5-17/h1-9,16,24H,10-11,13-14,23H2. The third kappa shape index (κ3) is 3.69. The van der Waals surface area contributed by atoms with Gasteiger partial charge in [0.15, 0.2) is 0 Å². The van der Waals surface area contributed by atoms with Gasteiger partial charge < -0.3 is 20.5 Å². The lowest BCUT2D eigenvalue weighted by molar-refractivity contribution is 0.123. The fourth-order valence-corrected chi connectivity index (χ4v) is 3.19. The Morgan fingerprint density at radius 2 is 1.89 bits per heavy atom. The molecule has 3 aromatic rings. The number of hydrogen-bond donors (Lipinski definition) is 2. The molecule has 28 heavy (non-hydrogen) atoms. The summed E-state index contributed by atoms with van der Waals surface area (Å²) in [4.78, 5) is 0. The van der Waals surface area contributed by atoms with E-state index in [1.807, 2.05) is 54.6 Å². The molecule has 7 nitrogen and oxygen atoms in total. The number of rotatable bonds is 4. The molecule has 0 saturated carbocycles. The highest BCUT2D eigenvalue weighted by atomic mass is 16.5. The van der Waals surface area contributed by atoms with Crippen molar-refractivity contribution in [2.45, 2.75) is 6.04 Å². The number of hydrogen-bond acceptors (Lipinski definition) is 6. The average Bonchev–Trinajstić information content (AvgIpc) is 2.89. The molecule has 3 N–H and O–H groups in total. The van der Waals surface area contributed by atoms with Gasteiger partial charge in [-0.05, 0) is 36.4 Å². The second kappa shape index (κ2) is 8.13. The first-order chi connectivity index (χ1) is 13.8. The monoisotopic (exact) mass is 375 g/mol. The fraction of sp³-hybridized carbons (Fsp3) is 0.238. The number of nitrogens with zero attached hydrogens (tertiary/aromatic N) is 3. The van der Waals surface area contributed by atoms with Crippen molar-refractivity contribution >= 4 is 5.82 Å². The number of nitrogen functional groups attached to an aromatic ring is 1. The Kier molecular flexibility index (Phi) is 5.24. The second-order valence-corrected chi connectivity index (χ2v) is 6.54. The van der Waals surface area contributed by atoms with Crippen molar-refractivity contribution in [3.05, 3.63) is 60.2 Å². The van der Waals surface area contributed by atoms with E-state index < -0.39 is 0 Å². The Morgan fingerprint density at radius 1 is 1.14 bits per heavy atom. The molecule has 0 amide bonds. The third-order valence-electron chi connectivity index (χ3n) is 4.63. The number of para-hydroxylation sites is 1. The lowest BCUT2D eigenvalue weighted by Gasteiger charge is -2.15. The van der Waals surface area contributed by atoms with Crippen molar-refractivity contribution < 1.29 is 9.47 Å². The molecule has 1 saturated heterocycles. The zero-order valence-corrected chi connectivity index (χ0v) is 15.3. The van der Waals surface area contributed by atoms with Crippen LogP contribution in [0.25, 0.3) is 11.3 Å². The largest absolute Gasteiger partial charge is 0.457 e. The average molecular weight is 375 g/mol. The predicted octanol–water partition coefficient (Wildman–Crippen LogP) is 2.96. The summed E-state index contributed by atoms with van der Waals surface area (Å²) in [5.41, 5.74) is 7.99. The van der Waals surface area contributed by atoms with Crippen LogP contribution in [0.2, 0.25) is 0 Å². The van der Waals surface area contributed by atoms with Gasteiger partial charge in [-0.1, -0.05) is 18.2 Å². The van der Waals surface area contributed by atoms with E-state index in [4.69, 9.17) is 15.2 Å². The summed E-state index contributed by atoms with van der Waals surface area (Å²) in [7, 11) is 0. The smallest absolute Gasteiger partial charge is 0.140 e. The molecule has 0 aliphatic carbocycles. The van der Waals surface area contributed by atoms with Crippen molar-refractivity contribution in [1.82, 2.24) is 15.1 Å². The van der Waals surface area contributed by atoms with E-state index in [0.29, 0.717) is 42.6 Å². The lowest BCUT2D eigenvalue weighted by atomic mass is 10.1. The summed E-state index contributed by atoms with van der Waals surface area (Å²) >= 11 is 0. The maximum Gasteiger partial charge on any atom is 0.140 e. The first kappa shape index (κ1) is 18.0. The molecule has 2 heterocycles. The van der Waals surface area contributed by atoms with Gasteiger partial charge in [-0.3, -0.25) is 0 Å². The number of ether oxygens (including phenoxy) is 2. The molecule has 0 bridgehead atoms. The first-order valence-corrected chi connectivity index (χ1v) is 9.16. The minimum Gasteiger partial charge on any atom is -0.457 e. The maximum absolute atomic E-state index is 9.62. The number of anilines is 1. The Balaban J connectivity index is 1.61. The van der Waals surface area contributed by atoms with Crippen molar-refractivity contribution in [3.63, 3.8) is 0 Å². The quantitative estimate of drug-likeness (QED) is 0.727. The second-order valence-electron chi connectivity index (χ2n) is 6.54. The number of nitrogens with two attached hydrogens (primary N) is 1. The van der Waals surface area contributed by atoms with Crippen LogP contribution >= 0.6 is 0 Å². The van der Waals surface area contributed by atoms with E-state index in [9.17, 15) is 5.26 Å². The van der Waals surface area contributed by atoms with Gasteiger partial charge in [0.05, 0.1) is 19.3 Å². The summed E-state index contributed by atoms with van der Waals surface area (Å²) in [5.74, 6) is 1.84. The summed E-state index contributed by atoms with van der Waals surface area (Å²) < 4.78 is 13.1. The number of aromatic nitrogens is 2. The lowest BCUT2D eigenvalue weighted by Crippen LogP contribution is -2.27. The molecule has 0 radical (unpaired) electrons. The Hall–Kier alpha value is -3.34. The summed E-state index contributed by atoms with van der Waals surface area (Å²) in [5, 5.41) is 17.6. The van der Waals surface area contributed by atoms with Crippen LogP contribution in [-0.4, -0.2) is 36.1 Å². The maximum atomic E-state index is 9.62. The van der Waals surface area contributed by atoms with Crippen LogP contribution in [0.4, 0.5) is 5.82 Å². The number of nitrogens with one attached hydrogen (secondary N) is 1. The van der Waals surface area contributed by atoms with Crippen LogP contribution in [0, 0.1) is 11.3 Å². The first-order valence-electron chi connectivity index (χ1n) is 9.16. The molecule has 4 rings (SSSR count). The SMILES string of the molecule is N#Cc1c(-c2ccc(Oc3ccccc3)cc2)nn(C2CNCCOC2)c1N. The predicted molar refractivity (Wildman–Crippen MR) is 106 cm³/mol. The molecule has 142 valence electrons. The van der Waals surface area contributed by atoms with E-state index in [-0.39, 0.29) is 6.04 Å². The number of nitriles is 1. The van der Waals surface area contributed by atoms with Crippen molar-refractivity contribution in [3.8, 4) is 28.8 Å². The highest BCUT2D eigenvalue weighted by Crippen LogP contribution is 2.31. The zero-order chi connectivity index (χ0) is 19.3. The fourth-order valence-electron chi connectivity index (χ4n) is 3.19. The van der Waals surface area contributed by atoms with E-state index >= 15 is 0 Å². The summed E-state index contributed by atoms with van der Waals surface area (Å²) in [6, 6.07) is 19.2. The van der Waals surface area contributed by atoms with Gasteiger partial charge >= 0.3 is 0 Å². The van der Waals surface area contributed by atoms with Crippen molar-refractivity contribution in [1.29, 1.82) is 5.26 Å². The van der Waals surface area contributed by atoms with Crippen LogP contribution in [-0.2, 0) is 4.74 Å².